The molecule has 0 N–H and O–H groups in total. The lowest BCUT2D eigenvalue weighted by atomic mass is 10.2. The molecule has 0 aliphatic carbocycles. The Bertz CT molecular complexity index is 756. The molecule has 2 aromatic rings. The van der Waals surface area contributed by atoms with Crippen LogP contribution in [0.15, 0.2) is 61.7 Å². The SMILES string of the molecule is C=C.C=C(/C=C\C)Cn1c(C)cc2c(OCC(=O)OCC)cccc21. The fraction of sp³-hybridized carbons (Fsp3) is 0.286. The topological polar surface area (TPSA) is 40.5 Å². The molecule has 1 aromatic carbocycles. The third kappa shape index (κ3) is 5.38. The van der Waals surface area contributed by atoms with E-state index < -0.39 is 0 Å². The highest BCUT2D eigenvalue weighted by Gasteiger charge is 2.11. The van der Waals surface area contributed by atoms with Crippen LogP contribution in [0.1, 0.15) is 19.5 Å². The molecule has 0 aliphatic heterocycles. The molecule has 25 heavy (non-hydrogen) atoms. The summed E-state index contributed by atoms with van der Waals surface area (Å²) in [5, 5.41) is 0.988. The van der Waals surface area contributed by atoms with Crippen LogP contribution >= 0.6 is 0 Å². The lowest BCUT2D eigenvalue weighted by molar-refractivity contribution is -0.145. The summed E-state index contributed by atoms with van der Waals surface area (Å²) in [7, 11) is 0. The zero-order chi connectivity index (χ0) is 18.8. The second-order valence-corrected chi connectivity index (χ2v) is 5.31. The molecule has 0 unspecified atom stereocenters. The van der Waals surface area contributed by atoms with Crippen molar-refractivity contribution in [3.8, 4) is 5.75 Å². The number of esters is 1. The van der Waals surface area contributed by atoms with Crippen LogP contribution in [0.25, 0.3) is 10.9 Å². The summed E-state index contributed by atoms with van der Waals surface area (Å²) in [4.78, 5) is 11.5. The summed E-state index contributed by atoms with van der Waals surface area (Å²) < 4.78 is 12.7. The highest BCUT2D eigenvalue weighted by molar-refractivity contribution is 5.88. The van der Waals surface area contributed by atoms with Crippen molar-refractivity contribution in [3.63, 3.8) is 0 Å². The predicted molar refractivity (Wildman–Crippen MR) is 104 cm³/mol. The van der Waals surface area contributed by atoms with Gasteiger partial charge in [0.2, 0.25) is 0 Å². The molecular formula is C21H27NO3. The van der Waals surface area contributed by atoms with Crippen molar-refractivity contribution in [2.24, 2.45) is 0 Å². The van der Waals surface area contributed by atoms with Crippen LogP contribution in [0.5, 0.6) is 5.75 Å². The fourth-order valence-electron chi connectivity index (χ4n) is 2.56. The van der Waals surface area contributed by atoms with Gasteiger partial charge in [0.1, 0.15) is 5.75 Å². The van der Waals surface area contributed by atoms with Gasteiger partial charge in [-0.05, 0) is 44.5 Å². The number of hydrogen-bond acceptors (Lipinski definition) is 3. The van der Waals surface area contributed by atoms with Crippen molar-refractivity contribution in [1.82, 2.24) is 4.57 Å². The molecule has 0 fully saturated rings. The first-order valence-electron chi connectivity index (χ1n) is 8.24. The normalized spacial score (nSPS) is 10.4. The van der Waals surface area contributed by atoms with Gasteiger partial charge in [0.25, 0.3) is 0 Å². The maximum absolute atomic E-state index is 11.5. The molecule has 4 heteroatoms. The van der Waals surface area contributed by atoms with Crippen LogP contribution in [0.4, 0.5) is 0 Å². The van der Waals surface area contributed by atoms with Crippen LogP contribution in [0.3, 0.4) is 0 Å². The van der Waals surface area contributed by atoms with Gasteiger partial charge in [0.15, 0.2) is 6.61 Å². The van der Waals surface area contributed by atoms with E-state index >= 15 is 0 Å². The molecule has 0 saturated heterocycles. The monoisotopic (exact) mass is 341 g/mol. The average Bonchev–Trinajstić information content (AvgIpc) is 2.92. The number of carbonyl (C=O) groups is 1. The average molecular weight is 341 g/mol. The van der Waals surface area contributed by atoms with Crippen molar-refractivity contribution < 1.29 is 14.3 Å². The highest BCUT2D eigenvalue weighted by Crippen LogP contribution is 2.29. The van der Waals surface area contributed by atoms with Gasteiger partial charge < -0.3 is 14.0 Å². The summed E-state index contributed by atoms with van der Waals surface area (Å²) in [5.74, 6) is 0.330. The molecule has 2 rings (SSSR count). The van der Waals surface area contributed by atoms with Gasteiger partial charge in [-0.25, -0.2) is 4.79 Å². The Hall–Kier alpha value is -2.75. The van der Waals surface area contributed by atoms with Crippen LogP contribution in [0.2, 0.25) is 0 Å². The van der Waals surface area contributed by atoms with E-state index in [9.17, 15) is 4.79 Å². The molecule has 1 aromatic heterocycles. The maximum Gasteiger partial charge on any atom is 0.344 e. The number of benzene rings is 1. The summed E-state index contributed by atoms with van der Waals surface area (Å²) >= 11 is 0. The minimum atomic E-state index is -0.359. The van der Waals surface area contributed by atoms with Gasteiger partial charge in [0.05, 0.1) is 12.1 Å². The second-order valence-electron chi connectivity index (χ2n) is 5.31. The third-order valence-electron chi connectivity index (χ3n) is 3.53. The standard InChI is InChI=1S/C19H23NO3.C2H4/c1-5-8-14(3)12-20-15(4)11-16-17(20)9-7-10-18(16)23-13-19(21)22-6-2;1-2/h5,7-11H,3,6,12-13H2,1-2,4H3;1-2H2/b8-5-;. The molecule has 0 spiro atoms. The molecule has 0 atom stereocenters. The van der Waals surface area contributed by atoms with Crippen molar-refractivity contribution in [2.45, 2.75) is 27.3 Å². The fourth-order valence-corrected chi connectivity index (χ4v) is 2.56. The third-order valence-corrected chi connectivity index (χ3v) is 3.53. The second kappa shape index (κ2) is 10.2. The summed E-state index contributed by atoms with van der Waals surface area (Å²) in [6.07, 6.45) is 3.99. The van der Waals surface area contributed by atoms with Crippen LogP contribution in [-0.4, -0.2) is 23.8 Å². The van der Waals surface area contributed by atoms with Gasteiger partial charge in [-0.3, -0.25) is 0 Å². The molecule has 0 amide bonds. The van der Waals surface area contributed by atoms with E-state index in [0.717, 1.165) is 28.7 Å². The summed E-state index contributed by atoms with van der Waals surface area (Å²) in [6.45, 7) is 16.9. The Morgan fingerprint density at radius 3 is 2.68 bits per heavy atom. The number of aromatic nitrogens is 1. The first-order valence-corrected chi connectivity index (χ1v) is 8.24. The molecule has 0 saturated carbocycles. The van der Waals surface area contributed by atoms with Gasteiger partial charge in [-0.15, -0.1) is 13.2 Å². The Morgan fingerprint density at radius 1 is 1.32 bits per heavy atom. The lowest BCUT2D eigenvalue weighted by Gasteiger charge is -2.10. The van der Waals surface area contributed by atoms with Gasteiger partial charge in [-0.1, -0.05) is 24.8 Å². The predicted octanol–water partition coefficient (Wildman–Crippen LogP) is 4.83. The number of rotatable bonds is 7. The Morgan fingerprint density at radius 2 is 2.04 bits per heavy atom. The van der Waals surface area contributed by atoms with E-state index in [2.05, 4.69) is 37.3 Å². The van der Waals surface area contributed by atoms with E-state index in [4.69, 9.17) is 9.47 Å². The first-order chi connectivity index (χ1) is 12.1. The van der Waals surface area contributed by atoms with Gasteiger partial charge in [-0.2, -0.15) is 0 Å². The van der Waals surface area contributed by atoms with E-state index in [1.165, 1.54) is 0 Å². The number of aryl methyl sites for hydroxylation is 1. The Kier molecular flexibility index (Phi) is 8.27. The Balaban J connectivity index is 0.00000151. The molecule has 0 radical (unpaired) electrons. The van der Waals surface area contributed by atoms with Crippen molar-refractivity contribution in [1.29, 1.82) is 0 Å². The molecule has 134 valence electrons. The van der Waals surface area contributed by atoms with Crippen LogP contribution in [0, 0.1) is 6.92 Å². The van der Waals surface area contributed by atoms with E-state index in [1.54, 1.807) is 6.92 Å². The largest absolute Gasteiger partial charge is 0.481 e. The first kappa shape index (κ1) is 20.3. The number of fused-ring (bicyclic) bond motifs is 1. The molecule has 0 bridgehead atoms. The maximum atomic E-state index is 11.5. The van der Waals surface area contributed by atoms with Gasteiger partial charge >= 0.3 is 5.97 Å². The molecular weight excluding hydrogens is 314 g/mol. The van der Waals surface area contributed by atoms with E-state index in [1.807, 2.05) is 37.3 Å². The lowest BCUT2D eigenvalue weighted by Crippen LogP contribution is -2.14. The minimum absolute atomic E-state index is 0.0809. The zero-order valence-electron chi connectivity index (χ0n) is 15.4. The minimum Gasteiger partial charge on any atom is -0.481 e. The zero-order valence-corrected chi connectivity index (χ0v) is 15.4. The van der Waals surface area contributed by atoms with Crippen molar-refractivity contribution in [3.05, 3.63) is 67.4 Å². The number of ether oxygens (including phenoxy) is 2. The molecule has 0 aliphatic rings. The van der Waals surface area contributed by atoms with E-state index in [0.29, 0.717) is 12.4 Å². The number of carbonyl (C=O) groups excluding carboxylic acids is 1. The van der Waals surface area contributed by atoms with Crippen molar-refractivity contribution in [2.75, 3.05) is 13.2 Å². The van der Waals surface area contributed by atoms with Gasteiger partial charge in [0, 0.05) is 17.6 Å². The summed E-state index contributed by atoms with van der Waals surface area (Å²) in [5.41, 5.74) is 3.22. The smallest absolute Gasteiger partial charge is 0.344 e. The molecule has 1 heterocycles. The Labute approximate surface area is 150 Å². The van der Waals surface area contributed by atoms with Crippen LogP contribution < -0.4 is 4.74 Å². The van der Waals surface area contributed by atoms with Crippen molar-refractivity contribution >= 4 is 16.9 Å². The number of allylic oxidation sites excluding steroid dienone is 3. The van der Waals surface area contributed by atoms with E-state index in [-0.39, 0.29) is 12.6 Å². The summed E-state index contributed by atoms with van der Waals surface area (Å²) in [6, 6.07) is 7.91. The number of nitrogens with zero attached hydrogens (tertiary/aromatic N) is 1. The number of hydrogen-bond donors (Lipinski definition) is 0. The molecule has 4 nitrogen and oxygen atoms in total. The highest BCUT2D eigenvalue weighted by atomic mass is 16.6. The van der Waals surface area contributed by atoms with Crippen LogP contribution in [-0.2, 0) is 16.1 Å². The quantitative estimate of drug-likeness (QED) is 0.411.